The number of likely N-dealkylation sites (tertiary alicyclic amines) is 1. The van der Waals surface area contributed by atoms with E-state index in [1.807, 2.05) is 18.0 Å². The standard InChI is InChI=1S/C24H29FN4O2/c1-16(2)12-19-14-22(28(3)27-19)24(30)29-11-5-4-6-21(29)23-26-15-20(31-23)13-17-7-9-18(25)10-8-17/h7-10,14-16,21H,4-6,11-13H2,1-3H3/t21-/m0/s1. The maximum absolute atomic E-state index is 13.4. The van der Waals surface area contributed by atoms with E-state index in [0.29, 0.717) is 36.2 Å². The second-order valence-corrected chi connectivity index (χ2v) is 8.72. The summed E-state index contributed by atoms with van der Waals surface area (Å²) in [7, 11) is 1.82. The summed E-state index contributed by atoms with van der Waals surface area (Å²) in [4.78, 5) is 19.8. The average Bonchev–Trinajstić information content (AvgIpc) is 3.35. The number of hydrogen-bond acceptors (Lipinski definition) is 4. The maximum Gasteiger partial charge on any atom is 0.272 e. The number of benzene rings is 1. The summed E-state index contributed by atoms with van der Waals surface area (Å²) < 4.78 is 20.9. The van der Waals surface area contributed by atoms with Crippen molar-refractivity contribution < 1.29 is 13.6 Å². The number of nitrogens with zero attached hydrogens (tertiary/aromatic N) is 4. The van der Waals surface area contributed by atoms with Gasteiger partial charge in [-0.3, -0.25) is 9.48 Å². The van der Waals surface area contributed by atoms with Crippen LogP contribution in [0.25, 0.3) is 0 Å². The molecule has 1 aliphatic heterocycles. The highest BCUT2D eigenvalue weighted by atomic mass is 19.1. The zero-order valence-electron chi connectivity index (χ0n) is 18.3. The van der Waals surface area contributed by atoms with Crippen LogP contribution >= 0.6 is 0 Å². The molecule has 1 aliphatic rings. The van der Waals surface area contributed by atoms with E-state index in [1.165, 1.54) is 12.1 Å². The normalized spacial score (nSPS) is 16.8. The smallest absolute Gasteiger partial charge is 0.272 e. The Morgan fingerprint density at radius 1 is 1.26 bits per heavy atom. The summed E-state index contributed by atoms with van der Waals surface area (Å²) in [6.07, 6.45) is 5.89. The van der Waals surface area contributed by atoms with E-state index in [4.69, 9.17) is 4.42 Å². The first-order chi connectivity index (χ1) is 14.9. The number of aryl methyl sites for hydroxylation is 1. The molecule has 0 spiro atoms. The van der Waals surface area contributed by atoms with Crippen LogP contribution in [0.2, 0.25) is 0 Å². The number of hydrogen-bond donors (Lipinski definition) is 0. The molecule has 3 aromatic rings. The van der Waals surface area contributed by atoms with Gasteiger partial charge >= 0.3 is 0 Å². The zero-order chi connectivity index (χ0) is 22.0. The van der Waals surface area contributed by atoms with Crippen LogP contribution in [-0.2, 0) is 19.9 Å². The molecule has 1 fully saturated rings. The predicted octanol–water partition coefficient (Wildman–Crippen LogP) is 4.70. The first kappa shape index (κ1) is 21.3. The van der Waals surface area contributed by atoms with Crippen molar-refractivity contribution >= 4 is 5.91 Å². The van der Waals surface area contributed by atoms with Gasteiger partial charge in [-0.25, -0.2) is 9.37 Å². The molecule has 1 atom stereocenters. The monoisotopic (exact) mass is 424 g/mol. The fourth-order valence-corrected chi connectivity index (χ4v) is 4.19. The highest BCUT2D eigenvalue weighted by Gasteiger charge is 2.33. The highest BCUT2D eigenvalue weighted by molar-refractivity contribution is 5.93. The largest absolute Gasteiger partial charge is 0.443 e. The summed E-state index contributed by atoms with van der Waals surface area (Å²) in [5, 5.41) is 4.53. The molecule has 4 rings (SSSR count). The lowest BCUT2D eigenvalue weighted by molar-refractivity contribution is 0.0558. The lowest BCUT2D eigenvalue weighted by atomic mass is 10.0. The Balaban J connectivity index is 1.52. The van der Waals surface area contributed by atoms with Crippen LogP contribution in [0.3, 0.4) is 0 Å². The summed E-state index contributed by atoms with van der Waals surface area (Å²) in [6.45, 7) is 4.95. The summed E-state index contributed by atoms with van der Waals surface area (Å²) in [5.74, 6) is 1.46. The molecule has 1 aromatic carbocycles. The number of carbonyl (C=O) groups is 1. The Kier molecular flexibility index (Phi) is 6.20. The summed E-state index contributed by atoms with van der Waals surface area (Å²) in [6, 6.07) is 8.08. The minimum Gasteiger partial charge on any atom is -0.443 e. The maximum atomic E-state index is 13.4. The third-order valence-corrected chi connectivity index (χ3v) is 5.68. The van der Waals surface area contributed by atoms with Crippen LogP contribution in [0, 0.1) is 11.7 Å². The van der Waals surface area contributed by atoms with Gasteiger partial charge in [0.15, 0.2) is 0 Å². The summed E-state index contributed by atoms with van der Waals surface area (Å²) >= 11 is 0. The Morgan fingerprint density at radius 3 is 2.77 bits per heavy atom. The van der Waals surface area contributed by atoms with Crippen LogP contribution in [0.15, 0.2) is 40.9 Å². The fraction of sp³-hybridized carbons (Fsp3) is 0.458. The number of rotatable bonds is 6. The van der Waals surface area contributed by atoms with E-state index in [9.17, 15) is 9.18 Å². The van der Waals surface area contributed by atoms with Crippen LogP contribution < -0.4 is 0 Å². The molecule has 164 valence electrons. The van der Waals surface area contributed by atoms with Crippen molar-refractivity contribution in [2.24, 2.45) is 13.0 Å². The van der Waals surface area contributed by atoms with E-state index < -0.39 is 0 Å². The predicted molar refractivity (Wildman–Crippen MR) is 115 cm³/mol. The molecule has 6 nitrogen and oxygen atoms in total. The zero-order valence-corrected chi connectivity index (χ0v) is 18.3. The van der Waals surface area contributed by atoms with Crippen molar-refractivity contribution in [3.05, 3.63) is 70.9 Å². The van der Waals surface area contributed by atoms with Crippen molar-refractivity contribution in [1.82, 2.24) is 19.7 Å². The van der Waals surface area contributed by atoms with Gasteiger partial charge < -0.3 is 9.32 Å². The number of amides is 1. The lowest BCUT2D eigenvalue weighted by Gasteiger charge is -2.33. The van der Waals surface area contributed by atoms with Gasteiger partial charge in [0.2, 0.25) is 5.89 Å². The van der Waals surface area contributed by atoms with Crippen LogP contribution in [0.5, 0.6) is 0 Å². The molecular weight excluding hydrogens is 395 g/mol. The molecule has 31 heavy (non-hydrogen) atoms. The number of oxazole rings is 1. The van der Waals surface area contributed by atoms with Crippen molar-refractivity contribution in [1.29, 1.82) is 0 Å². The van der Waals surface area contributed by atoms with E-state index in [1.54, 1.807) is 23.0 Å². The van der Waals surface area contributed by atoms with Gasteiger partial charge in [-0.2, -0.15) is 5.10 Å². The Morgan fingerprint density at radius 2 is 2.03 bits per heavy atom. The molecule has 0 aliphatic carbocycles. The SMILES string of the molecule is CC(C)Cc1cc(C(=O)N2CCCC[C@H]2c2ncc(Cc3ccc(F)cc3)o2)n(C)n1. The third-order valence-electron chi connectivity index (χ3n) is 5.68. The molecule has 2 aromatic heterocycles. The number of piperidine rings is 1. The number of aromatic nitrogens is 3. The molecule has 0 N–H and O–H groups in total. The number of halogens is 1. The van der Waals surface area contributed by atoms with Gasteiger partial charge in [0.05, 0.1) is 11.9 Å². The molecule has 0 radical (unpaired) electrons. The Hall–Kier alpha value is -2.96. The molecular formula is C24H29FN4O2. The van der Waals surface area contributed by atoms with E-state index in [0.717, 1.165) is 36.9 Å². The van der Waals surface area contributed by atoms with E-state index in [2.05, 4.69) is 23.9 Å². The third kappa shape index (κ3) is 4.86. The van der Waals surface area contributed by atoms with Crippen LogP contribution in [-0.4, -0.2) is 32.1 Å². The van der Waals surface area contributed by atoms with Crippen LogP contribution in [0.4, 0.5) is 4.39 Å². The van der Waals surface area contributed by atoms with Crippen molar-refractivity contribution in [3.8, 4) is 0 Å². The van der Waals surface area contributed by atoms with Crippen LogP contribution in [0.1, 0.15) is 72.5 Å². The first-order valence-corrected chi connectivity index (χ1v) is 10.9. The molecule has 0 bridgehead atoms. The second kappa shape index (κ2) is 9.04. The Bertz CT molecular complexity index is 1040. The highest BCUT2D eigenvalue weighted by Crippen LogP contribution is 2.32. The molecule has 7 heteroatoms. The lowest BCUT2D eigenvalue weighted by Crippen LogP contribution is -2.39. The number of carbonyl (C=O) groups excluding carboxylic acids is 1. The van der Waals surface area contributed by atoms with Gasteiger partial charge in [0.1, 0.15) is 23.3 Å². The van der Waals surface area contributed by atoms with Crippen molar-refractivity contribution in [3.63, 3.8) is 0 Å². The molecule has 0 unspecified atom stereocenters. The van der Waals surface area contributed by atoms with Crippen molar-refractivity contribution in [2.45, 2.75) is 52.0 Å². The van der Waals surface area contributed by atoms with E-state index in [-0.39, 0.29) is 17.8 Å². The van der Waals surface area contributed by atoms with Gasteiger partial charge in [0, 0.05) is 20.0 Å². The minimum absolute atomic E-state index is 0.0343. The molecule has 1 amide bonds. The Labute approximate surface area is 182 Å². The van der Waals surface area contributed by atoms with Gasteiger partial charge in [0.25, 0.3) is 5.91 Å². The molecule has 3 heterocycles. The van der Waals surface area contributed by atoms with E-state index >= 15 is 0 Å². The average molecular weight is 425 g/mol. The second-order valence-electron chi connectivity index (χ2n) is 8.72. The first-order valence-electron chi connectivity index (χ1n) is 10.9. The minimum atomic E-state index is -0.259. The van der Waals surface area contributed by atoms with Gasteiger partial charge in [-0.1, -0.05) is 26.0 Å². The topological polar surface area (TPSA) is 64.2 Å². The van der Waals surface area contributed by atoms with Crippen molar-refractivity contribution in [2.75, 3.05) is 6.54 Å². The quantitative estimate of drug-likeness (QED) is 0.575. The molecule has 0 saturated carbocycles. The molecule has 1 saturated heterocycles. The van der Waals surface area contributed by atoms with Gasteiger partial charge in [-0.05, 0) is 55.4 Å². The summed E-state index contributed by atoms with van der Waals surface area (Å²) in [5.41, 5.74) is 2.49. The fourth-order valence-electron chi connectivity index (χ4n) is 4.19. The van der Waals surface area contributed by atoms with Gasteiger partial charge in [-0.15, -0.1) is 0 Å².